The number of methoxy groups -OCH3 is 1. The molecule has 0 saturated carbocycles. The second kappa shape index (κ2) is 4.09. The number of hydrogen-bond donors (Lipinski definition) is 1. The molecule has 1 rings (SSSR count). The number of rotatable bonds is 2. The van der Waals surface area contributed by atoms with E-state index in [4.69, 9.17) is 5.73 Å². The number of halogens is 3. The first-order chi connectivity index (χ1) is 6.83. The number of alkyl halides is 3. The molecule has 84 valence electrons. The molecule has 1 aromatic heterocycles. The Morgan fingerprint density at radius 2 is 2.20 bits per heavy atom. The van der Waals surface area contributed by atoms with Crippen molar-refractivity contribution in [1.82, 2.24) is 0 Å². The number of thiophene rings is 1. The van der Waals surface area contributed by atoms with E-state index in [-0.39, 0.29) is 15.4 Å². The maximum atomic E-state index is 12.0. The van der Waals surface area contributed by atoms with Gasteiger partial charge >= 0.3 is 12.1 Å². The van der Waals surface area contributed by atoms with Crippen LogP contribution in [0.5, 0.6) is 0 Å². The molecule has 0 radical (unpaired) electrons. The van der Waals surface area contributed by atoms with Crippen LogP contribution in [0.4, 0.5) is 18.2 Å². The van der Waals surface area contributed by atoms with Gasteiger partial charge in [-0.15, -0.1) is 11.3 Å². The summed E-state index contributed by atoms with van der Waals surface area (Å²) in [7, 11) is 1.14. The molecule has 3 nitrogen and oxygen atoms in total. The van der Waals surface area contributed by atoms with Crippen molar-refractivity contribution in [2.24, 2.45) is 0 Å². The number of anilines is 1. The van der Waals surface area contributed by atoms with Crippen LogP contribution in [0.2, 0.25) is 0 Å². The van der Waals surface area contributed by atoms with Gasteiger partial charge in [0.05, 0.1) is 19.1 Å². The van der Waals surface area contributed by atoms with Gasteiger partial charge in [0.15, 0.2) is 0 Å². The van der Waals surface area contributed by atoms with Crippen molar-refractivity contribution in [1.29, 1.82) is 0 Å². The summed E-state index contributed by atoms with van der Waals surface area (Å²) in [5.41, 5.74) is 5.37. The Balaban J connectivity index is 2.91. The van der Waals surface area contributed by atoms with Gasteiger partial charge in [-0.25, -0.2) is 4.79 Å². The topological polar surface area (TPSA) is 52.3 Å². The third-order valence-electron chi connectivity index (χ3n) is 1.59. The zero-order valence-corrected chi connectivity index (χ0v) is 8.54. The molecule has 1 heterocycles. The molecule has 0 atom stereocenters. The van der Waals surface area contributed by atoms with Gasteiger partial charge in [0, 0.05) is 4.88 Å². The molecule has 0 unspecified atom stereocenters. The van der Waals surface area contributed by atoms with E-state index in [9.17, 15) is 18.0 Å². The predicted octanol–water partition coefficient (Wildman–Crippen LogP) is 2.22. The molecule has 0 fully saturated rings. The third kappa shape index (κ3) is 3.12. The molecule has 0 aromatic carbocycles. The largest absolute Gasteiger partial charge is 0.465 e. The fourth-order valence-corrected chi connectivity index (χ4v) is 1.96. The van der Waals surface area contributed by atoms with Crippen molar-refractivity contribution in [3.63, 3.8) is 0 Å². The Bertz CT molecular complexity index is 372. The number of hydrogen-bond acceptors (Lipinski definition) is 4. The summed E-state index contributed by atoms with van der Waals surface area (Å²) in [4.78, 5) is 11.0. The molecule has 0 aliphatic rings. The van der Waals surface area contributed by atoms with E-state index in [1.165, 1.54) is 0 Å². The number of nitrogen functional groups attached to an aromatic ring is 1. The van der Waals surface area contributed by atoms with Gasteiger partial charge in [-0.2, -0.15) is 13.2 Å². The van der Waals surface area contributed by atoms with Crippen molar-refractivity contribution in [3.05, 3.63) is 16.5 Å². The highest BCUT2D eigenvalue weighted by atomic mass is 32.1. The van der Waals surface area contributed by atoms with Crippen LogP contribution < -0.4 is 5.73 Å². The van der Waals surface area contributed by atoms with Gasteiger partial charge in [0.1, 0.15) is 5.00 Å². The van der Waals surface area contributed by atoms with Crippen LogP contribution in [0.1, 0.15) is 15.2 Å². The molecular weight excluding hydrogens is 231 g/mol. The van der Waals surface area contributed by atoms with E-state index >= 15 is 0 Å². The van der Waals surface area contributed by atoms with E-state index < -0.39 is 18.6 Å². The van der Waals surface area contributed by atoms with E-state index in [1.54, 1.807) is 0 Å². The zero-order valence-electron chi connectivity index (χ0n) is 7.72. The zero-order chi connectivity index (χ0) is 11.6. The smallest absolute Gasteiger partial charge is 0.393 e. The van der Waals surface area contributed by atoms with E-state index in [0.29, 0.717) is 0 Å². The Labute approximate surface area is 87.6 Å². The second-order valence-corrected chi connectivity index (χ2v) is 3.94. The molecule has 0 saturated heterocycles. The average Bonchev–Trinajstić information content (AvgIpc) is 2.42. The van der Waals surface area contributed by atoms with Crippen LogP contribution in [0, 0.1) is 0 Å². The van der Waals surface area contributed by atoms with Crippen molar-refractivity contribution < 1.29 is 22.7 Å². The highest BCUT2D eigenvalue weighted by Gasteiger charge is 2.29. The first-order valence-corrected chi connectivity index (χ1v) is 4.68. The lowest BCUT2D eigenvalue weighted by atomic mass is 10.2. The minimum atomic E-state index is -4.30. The Morgan fingerprint density at radius 1 is 1.60 bits per heavy atom. The molecule has 0 aliphatic heterocycles. The summed E-state index contributed by atoms with van der Waals surface area (Å²) >= 11 is 0.742. The van der Waals surface area contributed by atoms with Crippen molar-refractivity contribution >= 4 is 22.3 Å². The van der Waals surface area contributed by atoms with E-state index in [0.717, 1.165) is 24.5 Å². The minimum absolute atomic E-state index is 0.000370. The van der Waals surface area contributed by atoms with Crippen LogP contribution in [0.3, 0.4) is 0 Å². The lowest BCUT2D eigenvalue weighted by molar-refractivity contribution is -0.126. The monoisotopic (exact) mass is 239 g/mol. The normalized spacial score (nSPS) is 11.5. The summed E-state index contributed by atoms with van der Waals surface area (Å²) in [6, 6.07) is 1.11. The molecule has 15 heavy (non-hydrogen) atoms. The number of nitrogens with two attached hydrogens (primary N) is 1. The fraction of sp³-hybridized carbons (Fsp3) is 0.375. The Morgan fingerprint density at radius 3 is 2.67 bits per heavy atom. The first kappa shape index (κ1) is 11.8. The Kier molecular flexibility index (Phi) is 3.23. The lowest BCUT2D eigenvalue weighted by Crippen LogP contribution is -2.10. The quantitative estimate of drug-likeness (QED) is 0.805. The third-order valence-corrected chi connectivity index (χ3v) is 2.56. The van der Waals surface area contributed by atoms with Crippen molar-refractivity contribution in [3.8, 4) is 0 Å². The molecule has 2 N–H and O–H groups in total. The summed E-state index contributed by atoms with van der Waals surface area (Å²) in [5, 5.41) is 0.0427. The predicted molar refractivity (Wildman–Crippen MR) is 49.8 cm³/mol. The number of carbonyl (C=O) groups is 1. The lowest BCUT2D eigenvalue weighted by Gasteiger charge is -2.02. The van der Waals surface area contributed by atoms with Crippen LogP contribution in [0.25, 0.3) is 0 Å². The molecule has 1 aromatic rings. The van der Waals surface area contributed by atoms with E-state index in [2.05, 4.69) is 4.74 Å². The molecule has 0 bridgehead atoms. The van der Waals surface area contributed by atoms with Gasteiger partial charge in [0.2, 0.25) is 0 Å². The second-order valence-electron chi connectivity index (χ2n) is 2.77. The van der Waals surface area contributed by atoms with Gasteiger partial charge in [-0.3, -0.25) is 0 Å². The Hall–Kier alpha value is -1.24. The molecule has 0 aliphatic carbocycles. The standard InChI is InChI=1S/C8H8F3NO2S/c1-14-7(13)5-2-4(15-6(5)12)3-8(9,10)11/h2H,3,12H2,1H3. The van der Waals surface area contributed by atoms with Crippen LogP contribution in [-0.4, -0.2) is 19.3 Å². The maximum Gasteiger partial charge on any atom is 0.393 e. The summed E-state index contributed by atoms with van der Waals surface area (Å²) in [6.45, 7) is 0. The van der Waals surface area contributed by atoms with Gasteiger partial charge < -0.3 is 10.5 Å². The number of esters is 1. The molecule has 7 heteroatoms. The summed E-state index contributed by atoms with van der Waals surface area (Å²) in [5.74, 6) is -0.725. The van der Waals surface area contributed by atoms with Crippen LogP contribution in [-0.2, 0) is 11.2 Å². The van der Waals surface area contributed by atoms with E-state index in [1.807, 2.05) is 0 Å². The number of ether oxygens (including phenoxy) is 1. The minimum Gasteiger partial charge on any atom is -0.465 e. The van der Waals surface area contributed by atoms with Crippen molar-refractivity contribution in [2.75, 3.05) is 12.8 Å². The molecule has 0 spiro atoms. The first-order valence-electron chi connectivity index (χ1n) is 3.86. The number of carbonyl (C=O) groups excluding carboxylic acids is 1. The highest BCUT2D eigenvalue weighted by Crippen LogP contribution is 2.30. The highest BCUT2D eigenvalue weighted by molar-refractivity contribution is 7.16. The van der Waals surface area contributed by atoms with Crippen LogP contribution >= 0.6 is 11.3 Å². The van der Waals surface area contributed by atoms with Crippen molar-refractivity contribution in [2.45, 2.75) is 12.6 Å². The molecular formula is C8H8F3NO2S. The van der Waals surface area contributed by atoms with Gasteiger partial charge in [-0.05, 0) is 6.07 Å². The fourth-order valence-electron chi connectivity index (χ4n) is 1.01. The SMILES string of the molecule is COC(=O)c1cc(CC(F)(F)F)sc1N. The summed E-state index contributed by atoms with van der Waals surface area (Å²) < 4.78 is 40.4. The summed E-state index contributed by atoms with van der Waals surface area (Å²) in [6.07, 6.45) is -5.39. The van der Waals surface area contributed by atoms with Gasteiger partial charge in [-0.1, -0.05) is 0 Å². The van der Waals surface area contributed by atoms with Crippen LogP contribution in [0.15, 0.2) is 6.07 Å². The maximum absolute atomic E-state index is 12.0. The van der Waals surface area contributed by atoms with Gasteiger partial charge in [0.25, 0.3) is 0 Å². The average molecular weight is 239 g/mol. The molecule has 0 amide bonds.